The van der Waals surface area contributed by atoms with Crippen LogP contribution in [-0.2, 0) is 16.2 Å². The molecule has 2 amide bonds. The van der Waals surface area contributed by atoms with E-state index in [9.17, 15) is 26.4 Å². The summed E-state index contributed by atoms with van der Waals surface area (Å²) in [5.41, 5.74) is 3.12. The topological polar surface area (TPSA) is 78.5 Å². The predicted octanol–water partition coefficient (Wildman–Crippen LogP) is 3.96. The molecule has 2 N–H and O–H groups in total. The monoisotopic (exact) mass is 437 g/mol. The number of carbonyl (C=O) groups is 1. The van der Waals surface area contributed by atoms with Crippen LogP contribution in [0.15, 0.2) is 71.3 Å². The van der Waals surface area contributed by atoms with Crippen molar-refractivity contribution < 1.29 is 26.4 Å². The lowest BCUT2D eigenvalue weighted by Gasteiger charge is -2.26. The van der Waals surface area contributed by atoms with Crippen molar-refractivity contribution in [2.45, 2.75) is 30.0 Å². The standard InChI is InChI=1S/C20H18F3N3O3S/c21-20(22,23)15-8-4-5-9-18(15)30(28,29)25-19(27)26-17(14-6-2-1-3-7-14)12-16(24-26)13-10-11-13/h1-9,12-13,17,24H,10-11H2,(H,25,27). The second kappa shape index (κ2) is 7.35. The summed E-state index contributed by atoms with van der Waals surface area (Å²) in [5.74, 6) is 0.261. The Morgan fingerprint density at radius 2 is 1.67 bits per heavy atom. The molecular weight excluding hydrogens is 419 g/mol. The van der Waals surface area contributed by atoms with Gasteiger partial charge in [-0.05, 0) is 36.6 Å². The van der Waals surface area contributed by atoms with E-state index in [4.69, 9.17) is 0 Å². The summed E-state index contributed by atoms with van der Waals surface area (Å²) in [6.45, 7) is 0. The van der Waals surface area contributed by atoms with Crippen LogP contribution in [0.4, 0.5) is 18.0 Å². The van der Waals surface area contributed by atoms with Crippen LogP contribution in [0.1, 0.15) is 30.0 Å². The summed E-state index contributed by atoms with van der Waals surface area (Å²) in [6, 6.07) is 11.0. The molecular formula is C20H18F3N3O3S. The minimum atomic E-state index is -4.88. The SMILES string of the molecule is O=C(NS(=O)(=O)c1ccccc1C(F)(F)F)N1NC(C2CC2)=CC1c1ccccc1. The van der Waals surface area contributed by atoms with E-state index in [1.807, 2.05) is 6.08 Å². The van der Waals surface area contributed by atoms with Crippen LogP contribution in [0.2, 0.25) is 0 Å². The maximum atomic E-state index is 13.2. The number of sulfonamides is 1. The van der Waals surface area contributed by atoms with Gasteiger partial charge in [-0.15, -0.1) is 0 Å². The van der Waals surface area contributed by atoms with Crippen LogP contribution in [0.25, 0.3) is 0 Å². The van der Waals surface area contributed by atoms with Crippen LogP contribution in [-0.4, -0.2) is 19.5 Å². The number of carbonyl (C=O) groups excluding carboxylic acids is 1. The van der Waals surface area contributed by atoms with Crippen molar-refractivity contribution >= 4 is 16.1 Å². The first-order valence-corrected chi connectivity index (χ1v) is 10.7. The second-order valence-corrected chi connectivity index (χ2v) is 8.79. The average molecular weight is 437 g/mol. The van der Waals surface area contributed by atoms with E-state index < -0.39 is 38.7 Å². The number of hydrogen-bond acceptors (Lipinski definition) is 4. The number of hydrazine groups is 1. The quantitative estimate of drug-likeness (QED) is 0.759. The van der Waals surface area contributed by atoms with Gasteiger partial charge >= 0.3 is 12.2 Å². The van der Waals surface area contributed by atoms with E-state index in [1.165, 1.54) is 6.07 Å². The number of hydrogen-bond donors (Lipinski definition) is 2. The van der Waals surface area contributed by atoms with Crippen LogP contribution in [0, 0.1) is 5.92 Å². The minimum Gasteiger partial charge on any atom is -0.298 e. The molecule has 2 aromatic rings. The molecule has 158 valence electrons. The Morgan fingerprint density at radius 1 is 1.03 bits per heavy atom. The molecule has 30 heavy (non-hydrogen) atoms. The van der Waals surface area contributed by atoms with Crippen molar-refractivity contribution in [3.63, 3.8) is 0 Å². The summed E-state index contributed by atoms with van der Waals surface area (Å²) in [5, 5.41) is 1.09. The van der Waals surface area contributed by atoms with Crippen molar-refractivity contribution in [1.29, 1.82) is 0 Å². The fraction of sp³-hybridized carbons (Fsp3) is 0.250. The van der Waals surface area contributed by atoms with Crippen molar-refractivity contribution in [3.05, 3.63) is 77.5 Å². The Kier molecular flexibility index (Phi) is 4.97. The molecule has 0 saturated heterocycles. The van der Waals surface area contributed by atoms with Gasteiger partial charge in [0.05, 0.1) is 10.5 Å². The van der Waals surface area contributed by atoms with Crippen molar-refractivity contribution in [3.8, 4) is 0 Å². The van der Waals surface area contributed by atoms with Gasteiger partial charge in [0.1, 0.15) is 6.04 Å². The van der Waals surface area contributed by atoms with E-state index in [0.717, 1.165) is 41.2 Å². The fourth-order valence-corrected chi connectivity index (χ4v) is 4.51. The molecule has 1 saturated carbocycles. The number of allylic oxidation sites excluding steroid dienone is 1. The number of amides is 2. The second-order valence-electron chi connectivity index (χ2n) is 7.14. The van der Waals surface area contributed by atoms with Crippen molar-refractivity contribution in [2.75, 3.05) is 0 Å². The molecule has 10 heteroatoms. The first-order valence-electron chi connectivity index (χ1n) is 9.22. The highest BCUT2D eigenvalue weighted by Gasteiger charge is 2.40. The molecule has 1 fully saturated rings. The summed E-state index contributed by atoms with van der Waals surface area (Å²) < 4.78 is 66.8. The highest BCUT2D eigenvalue weighted by molar-refractivity contribution is 7.90. The minimum absolute atomic E-state index is 0.261. The van der Waals surface area contributed by atoms with Gasteiger partial charge in [-0.2, -0.15) is 13.2 Å². The van der Waals surface area contributed by atoms with Gasteiger partial charge in [0, 0.05) is 11.6 Å². The summed E-state index contributed by atoms with van der Waals surface area (Å²) in [4.78, 5) is 11.8. The van der Waals surface area contributed by atoms with Gasteiger partial charge in [-0.1, -0.05) is 42.5 Å². The molecule has 1 aliphatic heterocycles. The van der Waals surface area contributed by atoms with Gasteiger partial charge < -0.3 is 0 Å². The van der Waals surface area contributed by atoms with Gasteiger partial charge in [0.15, 0.2) is 0 Å². The molecule has 1 atom stereocenters. The van der Waals surface area contributed by atoms with Crippen molar-refractivity contribution in [1.82, 2.24) is 15.2 Å². The number of urea groups is 1. The van der Waals surface area contributed by atoms with E-state index in [0.29, 0.717) is 6.07 Å². The van der Waals surface area contributed by atoms with Gasteiger partial charge in [-0.25, -0.2) is 22.9 Å². The number of rotatable bonds is 4. The number of alkyl halides is 3. The van der Waals surface area contributed by atoms with Crippen LogP contribution in [0.5, 0.6) is 0 Å². The molecule has 1 aliphatic carbocycles. The smallest absolute Gasteiger partial charge is 0.298 e. The van der Waals surface area contributed by atoms with E-state index >= 15 is 0 Å². The Hall–Kier alpha value is -3.01. The van der Waals surface area contributed by atoms with Gasteiger partial charge in [-0.3, -0.25) is 5.43 Å². The summed E-state index contributed by atoms with van der Waals surface area (Å²) in [6.07, 6.45) is -1.14. The molecule has 2 aromatic carbocycles. The zero-order chi connectivity index (χ0) is 21.5. The first-order chi connectivity index (χ1) is 14.2. The molecule has 1 unspecified atom stereocenters. The molecule has 0 radical (unpaired) electrons. The van der Waals surface area contributed by atoms with Crippen molar-refractivity contribution in [2.24, 2.45) is 5.92 Å². The number of benzene rings is 2. The lowest BCUT2D eigenvalue weighted by Crippen LogP contribution is -2.48. The lowest BCUT2D eigenvalue weighted by atomic mass is 10.1. The first kappa shape index (κ1) is 20.3. The maximum Gasteiger partial charge on any atom is 0.417 e. The molecule has 0 bridgehead atoms. The molecule has 0 aromatic heterocycles. The normalized spacial score (nSPS) is 19.2. The zero-order valence-electron chi connectivity index (χ0n) is 15.6. The van der Waals surface area contributed by atoms with E-state index in [2.05, 4.69) is 5.43 Å². The summed E-state index contributed by atoms with van der Waals surface area (Å²) >= 11 is 0. The molecule has 2 aliphatic rings. The fourth-order valence-electron chi connectivity index (χ4n) is 3.34. The van der Waals surface area contributed by atoms with Crippen LogP contribution < -0.4 is 10.1 Å². The van der Waals surface area contributed by atoms with Gasteiger partial charge in [0.2, 0.25) is 0 Å². The molecule has 4 rings (SSSR count). The Labute approximate surface area is 171 Å². The highest BCUT2D eigenvalue weighted by Crippen LogP contribution is 2.40. The number of nitrogens with zero attached hydrogens (tertiary/aromatic N) is 1. The highest BCUT2D eigenvalue weighted by atomic mass is 32.2. The largest absolute Gasteiger partial charge is 0.417 e. The number of halogens is 3. The third-order valence-electron chi connectivity index (χ3n) is 4.95. The predicted molar refractivity (Wildman–Crippen MR) is 102 cm³/mol. The van der Waals surface area contributed by atoms with Gasteiger partial charge in [0.25, 0.3) is 10.0 Å². The lowest BCUT2D eigenvalue weighted by molar-refractivity contribution is -0.139. The Morgan fingerprint density at radius 3 is 2.30 bits per heavy atom. The molecule has 0 spiro atoms. The summed E-state index contributed by atoms with van der Waals surface area (Å²) in [7, 11) is -4.76. The van der Waals surface area contributed by atoms with E-state index in [-0.39, 0.29) is 5.92 Å². The zero-order valence-corrected chi connectivity index (χ0v) is 16.4. The van der Waals surface area contributed by atoms with E-state index in [1.54, 1.807) is 35.1 Å². The van der Waals surface area contributed by atoms with Crippen LogP contribution in [0.3, 0.4) is 0 Å². The Bertz CT molecular complexity index is 1100. The Balaban J connectivity index is 1.62. The molecule has 6 nitrogen and oxygen atoms in total. The third kappa shape index (κ3) is 4.00. The maximum absolute atomic E-state index is 13.2. The van der Waals surface area contributed by atoms with Crippen LogP contribution >= 0.6 is 0 Å². The number of nitrogens with one attached hydrogen (secondary N) is 2. The molecule has 1 heterocycles. The average Bonchev–Trinajstić information content (AvgIpc) is 3.46. The third-order valence-corrected chi connectivity index (χ3v) is 6.32.